The lowest BCUT2D eigenvalue weighted by Crippen LogP contribution is -2.36. The van der Waals surface area contributed by atoms with Crippen LogP contribution in [-0.4, -0.2) is 24.1 Å². The molecule has 6 N–H and O–H groups in total. The molecular formula is C10H15N3O2. The van der Waals surface area contributed by atoms with Gasteiger partial charge in [-0.15, -0.1) is 0 Å². The third-order valence-electron chi connectivity index (χ3n) is 1.98. The zero-order chi connectivity index (χ0) is 11.3. The van der Waals surface area contributed by atoms with E-state index in [0.717, 1.165) is 0 Å². The van der Waals surface area contributed by atoms with Crippen molar-refractivity contribution >= 4 is 5.91 Å². The molecule has 0 aromatic heterocycles. The van der Waals surface area contributed by atoms with Crippen molar-refractivity contribution in [2.45, 2.75) is 6.04 Å². The Morgan fingerprint density at radius 3 is 2.53 bits per heavy atom. The van der Waals surface area contributed by atoms with E-state index in [4.69, 9.17) is 16.6 Å². The first-order chi connectivity index (χ1) is 7.15. The van der Waals surface area contributed by atoms with Gasteiger partial charge < -0.3 is 21.9 Å². The Labute approximate surface area is 88.1 Å². The molecule has 1 atom stereocenters. The van der Waals surface area contributed by atoms with Crippen LogP contribution < -0.4 is 16.8 Å². The van der Waals surface area contributed by atoms with Crippen LogP contribution in [0.3, 0.4) is 0 Å². The third kappa shape index (κ3) is 3.23. The second-order valence-electron chi connectivity index (χ2n) is 3.15. The molecule has 0 saturated heterocycles. The van der Waals surface area contributed by atoms with E-state index in [9.17, 15) is 4.79 Å². The van der Waals surface area contributed by atoms with Gasteiger partial charge in [0.05, 0.1) is 0 Å². The van der Waals surface area contributed by atoms with Gasteiger partial charge in [-0.1, -0.05) is 12.1 Å². The Morgan fingerprint density at radius 1 is 1.40 bits per heavy atom. The monoisotopic (exact) mass is 209 g/mol. The number of benzene rings is 1. The molecule has 1 aromatic rings. The molecule has 0 radical (unpaired) electrons. The molecule has 0 aliphatic rings. The molecule has 0 spiro atoms. The number of hydrogen-bond donors (Lipinski definition) is 4. The van der Waals surface area contributed by atoms with E-state index >= 15 is 0 Å². The van der Waals surface area contributed by atoms with Crippen molar-refractivity contribution in [2.75, 3.05) is 13.1 Å². The molecular weight excluding hydrogens is 194 g/mol. The summed E-state index contributed by atoms with van der Waals surface area (Å²) in [6.07, 6.45) is 0. The molecule has 0 bridgehead atoms. The molecule has 1 rings (SSSR count). The SMILES string of the molecule is NCCNC(=O)[C@@H](N)c1ccc(O)cc1. The van der Waals surface area contributed by atoms with Gasteiger partial charge in [0, 0.05) is 13.1 Å². The fraction of sp³-hybridized carbons (Fsp3) is 0.300. The molecule has 0 aliphatic carbocycles. The molecule has 82 valence electrons. The summed E-state index contributed by atoms with van der Waals surface area (Å²) in [6.45, 7) is 0.790. The van der Waals surface area contributed by atoms with Crippen molar-refractivity contribution in [1.29, 1.82) is 0 Å². The van der Waals surface area contributed by atoms with E-state index in [1.54, 1.807) is 12.1 Å². The smallest absolute Gasteiger partial charge is 0.241 e. The molecule has 0 saturated carbocycles. The van der Waals surface area contributed by atoms with Crippen LogP contribution in [0, 0.1) is 0 Å². The Kier molecular flexibility index (Phi) is 4.08. The number of nitrogens with one attached hydrogen (secondary N) is 1. The van der Waals surface area contributed by atoms with Crippen molar-refractivity contribution < 1.29 is 9.90 Å². The number of phenols is 1. The van der Waals surface area contributed by atoms with Gasteiger partial charge in [-0.2, -0.15) is 0 Å². The lowest BCUT2D eigenvalue weighted by Gasteiger charge is -2.11. The third-order valence-corrected chi connectivity index (χ3v) is 1.98. The maximum absolute atomic E-state index is 11.4. The van der Waals surface area contributed by atoms with Gasteiger partial charge in [-0.05, 0) is 17.7 Å². The number of aromatic hydroxyl groups is 1. The number of amides is 1. The molecule has 0 fully saturated rings. The van der Waals surface area contributed by atoms with Crippen LogP contribution in [0.2, 0.25) is 0 Å². The zero-order valence-electron chi connectivity index (χ0n) is 8.31. The first-order valence-corrected chi connectivity index (χ1v) is 4.67. The average molecular weight is 209 g/mol. The molecule has 0 heterocycles. The second kappa shape index (κ2) is 5.33. The minimum absolute atomic E-state index is 0.147. The van der Waals surface area contributed by atoms with Gasteiger partial charge in [0.25, 0.3) is 0 Å². The normalized spacial score (nSPS) is 12.1. The Bertz CT molecular complexity index is 324. The lowest BCUT2D eigenvalue weighted by atomic mass is 10.1. The fourth-order valence-corrected chi connectivity index (χ4v) is 1.14. The summed E-state index contributed by atoms with van der Waals surface area (Å²) >= 11 is 0. The predicted molar refractivity (Wildman–Crippen MR) is 57.1 cm³/mol. The quantitative estimate of drug-likeness (QED) is 0.535. The van der Waals surface area contributed by atoms with Crippen molar-refractivity contribution in [3.05, 3.63) is 29.8 Å². The van der Waals surface area contributed by atoms with E-state index < -0.39 is 6.04 Å². The highest BCUT2D eigenvalue weighted by molar-refractivity contribution is 5.82. The van der Waals surface area contributed by atoms with Crippen molar-refractivity contribution in [2.24, 2.45) is 11.5 Å². The van der Waals surface area contributed by atoms with Crippen LogP contribution in [0.1, 0.15) is 11.6 Å². The van der Waals surface area contributed by atoms with E-state index in [1.807, 2.05) is 0 Å². The zero-order valence-corrected chi connectivity index (χ0v) is 8.31. The number of phenolic OH excluding ortho intramolecular Hbond substituents is 1. The summed E-state index contributed by atoms with van der Waals surface area (Å²) in [5, 5.41) is 11.7. The first kappa shape index (κ1) is 11.5. The Balaban J connectivity index is 2.63. The predicted octanol–water partition coefficient (Wildman–Crippen LogP) is -0.533. The van der Waals surface area contributed by atoms with E-state index in [-0.39, 0.29) is 11.7 Å². The van der Waals surface area contributed by atoms with Crippen LogP contribution in [-0.2, 0) is 4.79 Å². The number of nitrogens with two attached hydrogens (primary N) is 2. The Morgan fingerprint density at radius 2 is 2.00 bits per heavy atom. The molecule has 5 nitrogen and oxygen atoms in total. The number of rotatable bonds is 4. The van der Waals surface area contributed by atoms with Crippen LogP contribution in [0.15, 0.2) is 24.3 Å². The molecule has 1 amide bonds. The fourth-order valence-electron chi connectivity index (χ4n) is 1.14. The largest absolute Gasteiger partial charge is 0.508 e. The summed E-state index contributed by atoms with van der Waals surface area (Å²) < 4.78 is 0. The van der Waals surface area contributed by atoms with Crippen molar-refractivity contribution in [1.82, 2.24) is 5.32 Å². The van der Waals surface area contributed by atoms with Crippen LogP contribution >= 0.6 is 0 Å². The van der Waals surface area contributed by atoms with Gasteiger partial charge >= 0.3 is 0 Å². The maximum atomic E-state index is 11.4. The van der Waals surface area contributed by atoms with Crippen molar-refractivity contribution in [3.63, 3.8) is 0 Å². The Hall–Kier alpha value is -1.59. The summed E-state index contributed by atoms with van der Waals surface area (Å²) in [7, 11) is 0. The molecule has 0 unspecified atom stereocenters. The highest BCUT2D eigenvalue weighted by Gasteiger charge is 2.14. The van der Waals surface area contributed by atoms with E-state index in [2.05, 4.69) is 5.32 Å². The van der Waals surface area contributed by atoms with Gasteiger partial charge in [-0.25, -0.2) is 0 Å². The standard InChI is InChI=1S/C10H15N3O2/c11-5-6-13-10(15)9(12)7-1-3-8(14)4-2-7/h1-4,9,14H,5-6,11-12H2,(H,13,15)/t9-/m0/s1. The lowest BCUT2D eigenvalue weighted by molar-refractivity contribution is -0.122. The second-order valence-corrected chi connectivity index (χ2v) is 3.15. The first-order valence-electron chi connectivity index (χ1n) is 4.67. The summed E-state index contributed by atoms with van der Waals surface area (Å²) in [5.74, 6) is -0.126. The van der Waals surface area contributed by atoms with Crippen molar-refractivity contribution in [3.8, 4) is 5.75 Å². The molecule has 5 heteroatoms. The van der Waals surface area contributed by atoms with Gasteiger partial charge in [0.2, 0.25) is 5.91 Å². The number of carbonyl (C=O) groups excluding carboxylic acids is 1. The summed E-state index contributed by atoms with van der Waals surface area (Å²) in [4.78, 5) is 11.4. The van der Waals surface area contributed by atoms with Gasteiger partial charge in [0.15, 0.2) is 0 Å². The van der Waals surface area contributed by atoms with Gasteiger partial charge in [-0.3, -0.25) is 4.79 Å². The number of hydrogen-bond acceptors (Lipinski definition) is 4. The van der Waals surface area contributed by atoms with E-state index in [1.165, 1.54) is 12.1 Å². The molecule has 15 heavy (non-hydrogen) atoms. The highest BCUT2D eigenvalue weighted by atomic mass is 16.3. The topological polar surface area (TPSA) is 101 Å². The average Bonchev–Trinajstić information content (AvgIpc) is 2.26. The van der Waals surface area contributed by atoms with Crippen LogP contribution in [0.4, 0.5) is 0 Å². The number of carbonyl (C=O) groups is 1. The molecule has 1 aromatic carbocycles. The van der Waals surface area contributed by atoms with Gasteiger partial charge in [0.1, 0.15) is 11.8 Å². The minimum Gasteiger partial charge on any atom is -0.508 e. The van der Waals surface area contributed by atoms with Crippen LogP contribution in [0.25, 0.3) is 0 Å². The summed E-state index contributed by atoms with van der Waals surface area (Å²) in [6, 6.07) is 5.48. The van der Waals surface area contributed by atoms with E-state index in [0.29, 0.717) is 18.7 Å². The highest BCUT2D eigenvalue weighted by Crippen LogP contribution is 2.14. The molecule has 0 aliphatic heterocycles. The summed E-state index contributed by atoms with van der Waals surface area (Å²) in [5.41, 5.74) is 11.6. The van der Waals surface area contributed by atoms with Crippen LogP contribution in [0.5, 0.6) is 5.75 Å². The maximum Gasteiger partial charge on any atom is 0.241 e. The minimum atomic E-state index is -0.725.